The summed E-state index contributed by atoms with van der Waals surface area (Å²) < 4.78 is 3.02. The molecule has 0 saturated carbocycles. The van der Waals surface area contributed by atoms with Gasteiger partial charge >= 0.3 is 0 Å². The molecule has 7 heteroatoms. The molecule has 0 spiro atoms. The van der Waals surface area contributed by atoms with Crippen molar-refractivity contribution in [2.45, 2.75) is 30.9 Å². The number of hydrogen-bond donors (Lipinski definition) is 1. The van der Waals surface area contributed by atoms with Gasteiger partial charge < -0.3 is 10.2 Å². The first-order valence-corrected chi connectivity index (χ1v) is 10.6. The summed E-state index contributed by atoms with van der Waals surface area (Å²) in [5.41, 5.74) is 2.97. The quantitative estimate of drug-likeness (QED) is 0.404. The fraction of sp³-hybridized carbons (Fsp3) is 0.400. The number of likely N-dealkylation sites (tertiary alicyclic amines) is 1. The minimum atomic E-state index is -0.00366. The highest BCUT2D eigenvalue weighted by atomic mass is 35.5. The van der Waals surface area contributed by atoms with Gasteiger partial charge in [0.05, 0.1) is 15.7 Å². The van der Waals surface area contributed by atoms with Crippen LogP contribution in [0.5, 0.6) is 0 Å². The summed E-state index contributed by atoms with van der Waals surface area (Å²) in [7, 11) is 0. The standard InChI is InChI=1S/C20H23Cl2N3OS/c1-20(27-24-26)9-12-25(13-10-20)11-8-15-4-2-5-16(14-15)23-19-17(21)6-3-7-18(19)22/h2-7,14,23H,8-13H2,1H3. The van der Waals surface area contributed by atoms with Crippen LogP contribution >= 0.6 is 35.1 Å². The van der Waals surface area contributed by atoms with Crippen LogP contribution in [0.3, 0.4) is 0 Å². The summed E-state index contributed by atoms with van der Waals surface area (Å²) in [5, 5.41) is 4.53. The maximum Gasteiger partial charge on any atom is 0.0762 e. The maximum absolute atomic E-state index is 10.6. The van der Waals surface area contributed by atoms with Crippen LogP contribution in [0.1, 0.15) is 25.3 Å². The van der Waals surface area contributed by atoms with Crippen LogP contribution in [0.15, 0.2) is 47.0 Å². The first-order chi connectivity index (χ1) is 13.0. The second-order valence-electron chi connectivity index (χ2n) is 7.13. The van der Waals surface area contributed by atoms with E-state index in [1.54, 1.807) is 0 Å². The van der Waals surface area contributed by atoms with Gasteiger partial charge in [-0.25, -0.2) is 0 Å². The number of nitroso groups, excluding NO2 is 1. The molecule has 0 radical (unpaired) electrons. The first kappa shape index (κ1) is 20.5. The Bertz CT molecular complexity index is 774. The average molecular weight is 424 g/mol. The number of nitrogens with one attached hydrogen (secondary N) is 1. The molecule has 1 aliphatic heterocycles. The van der Waals surface area contributed by atoms with E-state index in [1.165, 1.54) is 17.5 Å². The van der Waals surface area contributed by atoms with Crippen molar-refractivity contribution in [3.63, 3.8) is 0 Å². The highest BCUT2D eigenvalue weighted by Crippen LogP contribution is 2.36. The molecule has 3 rings (SSSR count). The molecule has 27 heavy (non-hydrogen) atoms. The van der Waals surface area contributed by atoms with Crippen LogP contribution in [0.2, 0.25) is 10.0 Å². The molecule has 0 aromatic heterocycles. The van der Waals surface area contributed by atoms with Crippen molar-refractivity contribution in [1.29, 1.82) is 0 Å². The number of benzene rings is 2. The van der Waals surface area contributed by atoms with E-state index in [1.807, 2.05) is 30.3 Å². The van der Waals surface area contributed by atoms with Gasteiger partial charge in [-0.2, -0.15) is 0 Å². The lowest BCUT2D eigenvalue weighted by Gasteiger charge is -2.36. The highest BCUT2D eigenvalue weighted by molar-refractivity contribution is 7.99. The van der Waals surface area contributed by atoms with Crippen molar-refractivity contribution >= 4 is 46.5 Å². The molecular formula is C20H23Cl2N3OS. The van der Waals surface area contributed by atoms with E-state index in [-0.39, 0.29) is 4.75 Å². The summed E-state index contributed by atoms with van der Waals surface area (Å²) in [5.74, 6) is 0. The molecule has 0 amide bonds. The molecule has 2 aromatic rings. The highest BCUT2D eigenvalue weighted by Gasteiger charge is 2.31. The van der Waals surface area contributed by atoms with Crippen molar-refractivity contribution in [3.05, 3.63) is 63.0 Å². The number of hydrogen-bond acceptors (Lipinski definition) is 5. The molecule has 144 valence electrons. The molecule has 4 nitrogen and oxygen atoms in total. The largest absolute Gasteiger partial charge is 0.353 e. The van der Waals surface area contributed by atoms with Gasteiger partial charge in [0, 0.05) is 33.5 Å². The Morgan fingerprint density at radius 1 is 1.15 bits per heavy atom. The van der Waals surface area contributed by atoms with E-state index in [9.17, 15) is 4.91 Å². The normalized spacial score (nSPS) is 16.9. The van der Waals surface area contributed by atoms with Crippen LogP contribution in [0.25, 0.3) is 0 Å². The van der Waals surface area contributed by atoms with E-state index in [0.29, 0.717) is 10.0 Å². The average Bonchev–Trinajstić information content (AvgIpc) is 2.65. The van der Waals surface area contributed by atoms with Gasteiger partial charge in [-0.3, -0.25) is 0 Å². The van der Waals surface area contributed by atoms with Gasteiger partial charge in [-0.1, -0.05) is 41.4 Å². The molecular weight excluding hydrogens is 401 g/mol. The van der Waals surface area contributed by atoms with Crippen molar-refractivity contribution < 1.29 is 0 Å². The maximum atomic E-state index is 10.6. The Morgan fingerprint density at radius 2 is 1.81 bits per heavy atom. The molecule has 1 aliphatic rings. The third-order valence-electron chi connectivity index (χ3n) is 5.05. The molecule has 1 heterocycles. The van der Waals surface area contributed by atoms with Gasteiger partial charge in [0.1, 0.15) is 0 Å². The van der Waals surface area contributed by atoms with Gasteiger partial charge in [0.2, 0.25) is 0 Å². The van der Waals surface area contributed by atoms with Crippen molar-refractivity contribution in [2.75, 3.05) is 25.0 Å². The zero-order valence-corrected chi connectivity index (χ0v) is 17.6. The number of halogens is 2. The summed E-state index contributed by atoms with van der Waals surface area (Å²) in [6.45, 7) is 5.15. The van der Waals surface area contributed by atoms with Crippen LogP contribution < -0.4 is 5.32 Å². The number of para-hydroxylation sites is 1. The first-order valence-electron chi connectivity index (χ1n) is 9.02. The van der Waals surface area contributed by atoms with Crippen LogP contribution in [-0.2, 0) is 6.42 Å². The summed E-state index contributed by atoms with van der Waals surface area (Å²) in [6.07, 6.45) is 2.97. The lowest BCUT2D eigenvalue weighted by Crippen LogP contribution is -2.41. The third-order valence-corrected chi connectivity index (χ3v) is 6.60. The number of anilines is 2. The Kier molecular flexibility index (Phi) is 7.04. The Labute approximate surface area is 174 Å². The predicted molar refractivity (Wildman–Crippen MR) is 117 cm³/mol. The summed E-state index contributed by atoms with van der Waals surface area (Å²) in [6, 6.07) is 13.8. The van der Waals surface area contributed by atoms with Gasteiger partial charge in [0.15, 0.2) is 0 Å². The Hall–Kier alpha value is -1.27. The second kappa shape index (κ2) is 9.28. The minimum absolute atomic E-state index is 0.00366. The Balaban J connectivity index is 1.56. The van der Waals surface area contributed by atoms with Crippen LogP contribution in [-0.4, -0.2) is 29.3 Å². The molecule has 0 atom stereocenters. The molecule has 1 fully saturated rings. The number of rotatable bonds is 7. The summed E-state index contributed by atoms with van der Waals surface area (Å²) >= 11 is 13.7. The molecule has 1 saturated heterocycles. The fourth-order valence-corrected chi connectivity index (χ4v) is 4.32. The zero-order chi connectivity index (χ0) is 19.3. The number of nitrogens with zero attached hydrogens (tertiary/aromatic N) is 2. The molecule has 1 N–H and O–H groups in total. The minimum Gasteiger partial charge on any atom is -0.353 e. The van der Waals surface area contributed by atoms with Gasteiger partial charge in [-0.05, 0) is 69.1 Å². The molecule has 2 aromatic carbocycles. The van der Waals surface area contributed by atoms with E-state index in [2.05, 4.69) is 33.9 Å². The van der Waals surface area contributed by atoms with Gasteiger partial charge in [-0.15, -0.1) is 4.91 Å². The van der Waals surface area contributed by atoms with E-state index < -0.39 is 0 Å². The lowest BCUT2D eigenvalue weighted by atomic mass is 9.97. The van der Waals surface area contributed by atoms with Crippen molar-refractivity contribution in [2.24, 2.45) is 4.58 Å². The lowest BCUT2D eigenvalue weighted by molar-refractivity contribution is 0.208. The monoisotopic (exact) mass is 423 g/mol. The second-order valence-corrected chi connectivity index (χ2v) is 9.26. The van der Waals surface area contributed by atoms with E-state index >= 15 is 0 Å². The topological polar surface area (TPSA) is 44.7 Å². The fourth-order valence-electron chi connectivity index (χ4n) is 3.28. The smallest absolute Gasteiger partial charge is 0.0762 e. The van der Waals surface area contributed by atoms with Gasteiger partial charge in [0.25, 0.3) is 0 Å². The molecule has 0 bridgehead atoms. The van der Waals surface area contributed by atoms with Crippen molar-refractivity contribution in [3.8, 4) is 0 Å². The van der Waals surface area contributed by atoms with Crippen LogP contribution in [0, 0.1) is 4.91 Å². The predicted octanol–water partition coefficient (Wildman–Crippen LogP) is 6.55. The van der Waals surface area contributed by atoms with E-state index in [4.69, 9.17) is 23.2 Å². The van der Waals surface area contributed by atoms with Crippen molar-refractivity contribution in [1.82, 2.24) is 4.90 Å². The summed E-state index contributed by atoms with van der Waals surface area (Å²) in [4.78, 5) is 13.0. The van der Waals surface area contributed by atoms with Crippen LogP contribution in [0.4, 0.5) is 11.4 Å². The number of piperidine rings is 1. The SMILES string of the molecule is CC1(SN=O)CCN(CCc2cccc(Nc3c(Cl)cccc3Cl)c2)CC1. The Morgan fingerprint density at radius 3 is 2.48 bits per heavy atom. The third kappa shape index (κ3) is 5.61. The molecule has 0 unspecified atom stereocenters. The van der Waals surface area contributed by atoms with E-state index in [0.717, 1.165) is 50.3 Å². The zero-order valence-electron chi connectivity index (χ0n) is 15.3. The molecule has 0 aliphatic carbocycles.